The molecule has 0 saturated carbocycles. The Morgan fingerprint density at radius 1 is 1.03 bits per heavy atom. The van der Waals surface area contributed by atoms with Gasteiger partial charge in [-0.1, -0.05) is 36.4 Å². The fraction of sp³-hybridized carbons (Fsp3) is 0.217. The number of nitrogens with one attached hydrogen (secondary N) is 1. The number of nitrogens with zero attached hydrogens (tertiary/aromatic N) is 4. The minimum absolute atomic E-state index is 0.0592. The van der Waals surface area contributed by atoms with Crippen molar-refractivity contribution in [2.75, 3.05) is 5.32 Å². The third-order valence-corrected chi connectivity index (χ3v) is 5.11. The van der Waals surface area contributed by atoms with Gasteiger partial charge in [-0.05, 0) is 43.2 Å². The fourth-order valence-corrected chi connectivity index (χ4v) is 3.50. The van der Waals surface area contributed by atoms with Crippen LogP contribution in [0.3, 0.4) is 0 Å². The van der Waals surface area contributed by atoms with Gasteiger partial charge in [0.15, 0.2) is 5.82 Å². The summed E-state index contributed by atoms with van der Waals surface area (Å²) in [4.78, 5) is 21.2. The molecule has 0 unspecified atom stereocenters. The monoisotopic (exact) mass is 439 g/mol. The average Bonchev–Trinajstić information content (AvgIpc) is 3.13. The van der Waals surface area contributed by atoms with Crippen molar-refractivity contribution >= 4 is 17.4 Å². The molecule has 0 bridgehead atoms. The van der Waals surface area contributed by atoms with Crippen LogP contribution in [0.4, 0.5) is 18.9 Å². The molecular formula is C23H20F3N5O. The van der Waals surface area contributed by atoms with E-state index in [1.807, 2.05) is 44.2 Å². The SMILES string of the molecule is Cc1nc2nc(CC(=O)Nc3cccc(C(F)(F)F)c3)nn2c(C)c1Cc1ccccc1. The van der Waals surface area contributed by atoms with Gasteiger partial charge in [0, 0.05) is 23.5 Å². The highest BCUT2D eigenvalue weighted by atomic mass is 19.4. The molecule has 1 N–H and O–H groups in total. The minimum Gasteiger partial charge on any atom is -0.326 e. The van der Waals surface area contributed by atoms with Gasteiger partial charge in [0.2, 0.25) is 5.91 Å². The van der Waals surface area contributed by atoms with Gasteiger partial charge >= 0.3 is 6.18 Å². The first-order valence-electron chi connectivity index (χ1n) is 9.93. The van der Waals surface area contributed by atoms with E-state index in [-0.39, 0.29) is 17.9 Å². The third kappa shape index (κ3) is 4.61. The van der Waals surface area contributed by atoms with Crippen LogP contribution >= 0.6 is 0 Å². The molecule has 6 nitrogen and oxygen atoms in total. The Morgan fingerprint density at radius 3 is 2.50 bits per heavy atom. The predicted molar refractivity (Wildman–Crippen MR) is 113 cm³/mol. The molecule has 2 heterocycles. The number of hydrogen-bond acceptors (Lipinski definition) is 4. The number of aryl methyl sites for hydroxylation is 2. The smallest absolute Gasteiger partial charge is 0.326 e. The van der Waals surface area contributed by atoms with Crippen molar-refractivity contribution in [1.82, 2.24) is 19.6 Å². The summed E-state index contributed by atoms with van der Waals surface area (Å²) in [5.41, 5.74) is 3.08. The molecule has 0 aliphatic heterocycles. The van der Waals surface area contributed by atoms with Crippen molar-refractivity contribution in [3.63, 3.8) is 0 Å². The van der Waals surface area contributed by atoms with Crippen LogP contribution in [0.1, 0.15) is 33.9 Å². The normalized spacial score (nSPS) is 11.7. The minimum atomic E-state index is -4.48. The lowest BCUT2D eigenvalue weighted by Crippen LogP contribution is -2.16. The summed E-state index contributed by atoms with van der Waals surface area (Å²) in [6.45, 7) is 3.82. The summed E-state index contributed by atoms with van der Waals surface area (Å²) in [6.07, 6.45) is -3.98. The van der Waals surface area contributed by atoms with Crippen LogP contribution in [0.2, 0.25) is 0 Å². The predicted octanol–water partition coefficient (Wildman–Crippen LogP) is 4.53. The van der Waals surface area contributed by atoms with E-state index in [9.17, 15) is 18.0 Å². The van der Waals surface area contributed by atoms with Crippen LogP contribution in [0.25, 0.3) is 5.78 Å². The second-order valence-electron chi connectivity index (χ2n) is 7.47. The lowest BCUT2D eigenvalue weighted by atomic mass is 10.0. The van der Waals surface area contributed by atoms with E-state index in [4.69, 9.17) is 0 Å². The molecule has 0 aliphatic rings. The second-order valence-corrected chi connectivity index (χ2v) is 7.47. The largest absolute Gasteiger partial charge is 0.416 e. The maximum absolute atomic E-state index is 12.9. The van der Waals surface area contributed by atoms with E-state index >= 15 is 0 Å². The number of anilines is 1. The Bertz CT molecular complexity index is 1280. The van der Waals surface area contributed by atoms with Crippen molar-refractivity contribution in [3.05, 3.63) is 88.5 Å². The summed E-state index contributed by atoms with van der Waals surface area (Å²) in [6, 6.07) is 14.5. The first-order valence-corrected chi connectivity index (χ1v) is 9.93. The molecule has 2 aromatic heterocycles. The van der Waals surface area contributed by atoms with Crippen LogP contribution in [-0.2, 0) is 23.8 Å². The standard InChI is InChI=1S/C23H20F3N5O/c1-14-19(11-16-7-4-3-5-8-16)15(2)31-22(27-14)29-20(30-31)13-21(32)28-18-10-6-9-17(12-18)23(24,25)26/h3-10,12H,11,13H2,1-2H3,(H,28,32). The molecule has 2 aromatic carbocycles. The third-order valence-electron chi connectivity index (χ3n) is 5.11. The summed E-state index contributed by atoms with van der Waals surface area (Å²) in [7, 11) is 0. The summed E-state index contributed by atoms with van der Waals surface area (Å²) in [5.74, 6) is 0.0964. The molecule has 9 heteroatoms. The molecule has 164 valence electrons. The van der Waals surface area contributed by atoms with Crippen molar-refractivity contribution in [3.8, 4) is 0 Å². The van der Waals surface area contributed by atoms with E-state index in [1.54, 1.807) is 4.52 Å². The topological polar surface area (TPSA) is 72.2 Å². The number of aromatic nitrogens is 4. The van der Waals surface area contributed by atoms with Crippen LogP contribution in [0.15, 0.2) is 54.6 Å². The number of benzene rings is 2. The number of fused-ring (bicyclic) bond motifs is 1. The highest BCUT2D eigenvalue weighted by Crippen LogP contribution is 2.30. The van der Waals surface area contributed by atoms with Gasteiger partial charge in [0.1, 0.15) is 0 Å². The lowest BCUT2D eigenvalue weighted by Gasteiger charge is -2.10. The number of amides is 1. The van der Waals surface area contributed by atoms with Crippen LogP contribution in [-0.4, -0.2) is 25.5 Å². The summed E-state index contributed by atoms with van der Waals surface area (Å²) < 4.78 is 40.2. The van der Waals surface area contributed by atoms with E-state index in [0.717, 1.165) is 34.6 Å². The zero-order chi connectivity index (χ0) is 22.9. The molecule has 32 heavy (non-hydrogen) atoms. The Kier molecular flexibility index (Phi) is 5.65. The number of carbonyl (C=O) groups excluding carboxylic acids is 1. The van der Waals surface area contributed by atoms with Gasteiger partial charge in [-0.2, -0.15) is 18.2 Å². The quantitative estimate of drug-likeness (QED) is 0.496. The Labute approximate surface area is 182 Å². The average molecular weight is 439 g/mol. The lowest BCUT2D eigenvalue weighted by molar-refractivity contribution is -0.137. The van der Waals surface area contributed by atoms with Gasteiger partial charge < -0.3 is 5.32 Å². The second kappa shape index (κ2) is 8.41. The van der Waals surface area contributed by atoms with Gasteiger partial charge in [-0.25, -0.2) is 9.50 Å². The molecule has 0 fully saturated rings. The van der Waals surface area contributed by atoms with Gasteiger partial charge in [-0.3, -0.25) is 4.79 Å². The molecule has 0 saturated heterocycles. The van der Waals surface area contributed by atoms with E-state index in [2.05, 4.69) is 20.4 Å². The first-order chi connectivity index (χ1) is 15.2. The molecule has 1 amide bonds. The summed E-state index contributed by atoms with van der Waals surface area (Å²) >= 11 is 0. The van der Waals surface area contributed by atoms with E-state index in [1.165, 1.54) is 12.1 Å². The number of hydrogen-bond donors (Lipinski definition) is 1. The Balaban J connectivity index is 1.54. The highest BCUT2D eigenvalue weighted by Gasteiger charge is 2.30. The Morgan fingerprint density at radius 2 is 1.78 bits per heavy atom. The van der Waals surface area contributed by atoms with E-state index < -0.39 is 17.6 Å². The van der Waals surface area contributed by atoms with Crippen LogP contribution in [0, 0.1) is 13.8 Å². The number of carbonyl (C=O) groups is 1. The zero-order valence-corrected chi connectivity index (χ0v) is 17.4. The van der Waals surface area contributed by atoms with Gasteiger partial charge in [-0.15, -0.1) is 5.10 Å². The zero-order valence-electron chi connectivity index (χ0n) is 17.4. The van der Waals surface area contributed by atoms with Gasteiger partial charge in [0.25, 0.3) is 5.78 Å². The fourth-order valence-electron chi connectivity index (χ4n) is 3.50. The number of rotatable bonds is 5. The maximum atomic E-state index is 12.9. The number of alkyl halides is 3. The van der Waals surface area contributed by atoms with Gasteiger partial charge in [0.05, 0.1) is 12.0 Å². The summed E-state index contributed by atoms with van der Waals surface area (Å²) in [5, 5.41) is 6.86. The highest BCUT2D eigenvalue weighted by molar-refractivity contribution is 5.91. The molecule has 4 aromatic rings. The molecule has 4 rings (SSSR count). The van der Waals surface area contributed by atoms with Crippen LogP contribution < -0.4 is 5.32 Å². The molecule has 0 aliphatic carbocycles. The molecular weight excluding hydrogens is 419 g/mol. The van der Waals surface area contributed by atoms with Crippen LogP contribution in [0.5, 0.6) is 0 Å². The van der Waals surface area contributed by atoms with E-state index in [0.29, 0.717) is 12.2 Å². The van der Waals surface area contributed by atoms with Crippen molar-refractivity contribution in [2.45, 2.75) is 32.9 Å². The first kappa shape index (κ1) is 21.5. The Hall–Kier alpha value is -3.75. The molecule has 0 atom stereocenters. The van der Waals surface area contributed by atoms with Crippen molar-refractivity contribution < 1.29 is 18.0 Å². The molecule has 0 radical (unpaired) electrons. The number of halogens is 3. The maximum Gasteiger partial charge on any atom is 0.416 e. The van der Waals surface area contributed by atoms with Crippen molar-refractivity contribution in [2.24, 2.45) is 0 Å². The molecule has 0 spiro atoms. The van der Waals surface area contributed by atoms with Crippen molar-refractivity contribution in [1.29, 1.82) is 0 Å².